The van der Waals surface area contributed by atoms with Crippen LogP contribution in [0, 0.1) is 5.92 Å². The van der Waals surface area contributed by atoms with Crippen LogP contribution in [0.25, 0.3) is 0 Å². The standard InChI is InChI=1S/C14H24N2O3/c1-10-6-5-9-16(12(10)14(18)19)11(2)13(17)15-7-3-4-8-15/h10-12H,3-9H2,1-2H3,(H,18,19). The third-order valence-corrected chi connectivity index (χ3v) is 4.50. The molecular formula is C14H24N2O3. The predicted molar refractivity (Wildman–Crippen MR) is 71.8 cm³/mol. The molecule has 108 valence electrons. The Morgan fingerprint density at radius 1 is 1.16 bits per heavy atom. The first kappa shape index (κ1) is 14.3. The number of nitrogens with zero attached hydrogens (tertiary/aromatic N) is 2. The molecule has 0 bridgehead atoms. The molecule has 0 aromatic rings. The maximum Gasteiger partial charge on any atom is 0.321 e. The van der Waals surface area contributed by atoms with Crippen molar-refractivity contribution in [2.75, 3.05) is 19.6 Å². The molecule has 0 radical (unpaired) electrons. The molecule has 19 heavy (non-hydrogen) atoms. The maximum absolute atomic E-state index is 12.4. The minimum Gasteiger partial charge on any atom is -0.480 e. The van der Waals surface area contributed by atoms with Crippen molar-refractivity contribution in [2.24, 2.45) is 5.92 Å². The lowest BCUT2D eigenvalue weighted by Gasteiger charge is -2.41. The lowest BCUT2D eigenvalue weighted by atomic mass is 9.89. The fourth-order valence-corrected chi connectivity index (χ4v) is 3.38. The SMILES string of the molecule is CC1CCCN(C(C)C(=O)N2CCCC2)C1C(=O)O. The smallest absolute Gasteiger partial charge is 0.321 e. The molecule has 5 heteroatoms. The number of hydrogen-bond acceptors (Lipinski definition) is 3. The Kier molecular flexibility index (Phi) is 4.45. The van der Waals surface area contributed by atoms with Crippen LogP contribution in [0.1, 0.15) is 39.5 Å². The first-order valence-corrected chi connectivity index (χ1v) is 7.29. The van der Waals surface area contributed by atoms with Crippen LogP contribution in [-0.4, -0.2) is 58.5 Å². The minimum absolute atomic E-state index is 0.0952. The van der Waals surface area contributed by atoms with Crippen molar-refractivity contribution in [1.29, 1.82) is 0 Å². The molecule has 2 saturated heterocycles. The van der Waals surface area contributed by atoms with Gasteiger partial charge in [0.05, 0.1) is 6.04 Å². The molecule has 0 spiro atoms. The molecule has 0 aliphatic carbocycles. The number of carbonyl (C=O) groups excluding carboxylic acids is 1. The van der Waals surface area contributed by atoms with E-state index in [1.54, 1.807) is 0 Å². The van der Waals surface area contributed by atoms with E-state index in [-0.39, 0.29) is 17.9 Å². The highest BCUT2D eigenvalue weighted by atomic mass is 16.4. The normalized spacial score (nSPS) is 30.3. The van der Waals surface area contributed by atoms with Crippen LogP contribution in [-0.2, 0) is 9.59 Å². The topological polar surface area (TPSA) is 60.9 Å². The quantitative estimate of drug-likeness (QED) is 0.835. The van der Waals surface area contributed by atoms with Crippen molar-refractivity contribution in [2.45, 2.75) is 51.6 Å². The summed E-state index contributed by atoms with van der Waals surface area (Å²) < 4.78 is 0. The van der Waals surface area contributed by atoms with E-state index >= 15 is 0 Å². The number of rotatable bonds is 3. The molecule has 3 atom stereocenters. The second kappa shape index (κ2) is 5.90. The fraction of sp³-hybridized carbons (Fsp3) is 0.857. The third-order valence-electron chi connectivity index (χ3n) is 4.50. The second-order valence-electron chi connectivity index (χ2n) is 5.85. The van der Waals surface area contributed by atoms with Gasteiger partial charge in [0.25, 0.3) is 0 Å². The monoisotopic (exact) mass is 268 g/mol. The fourth-order valence-electron chi connectivity index (χ4n) is 3.38. The number of hydrogen-bond donors (Lipinski definition) is 1. The summed E-state index contributed by atoms with van der Waals surface area (Å²) >= 11 is 0. The number of piperidine rings is 1. The van der Waals surface area contributed by atoms with Gasteiger partial charge in [-0.05, 0) is 45.1 Å². The van der Waals surface area contributed by atoms with Gasteiger partial charge in [-0.25, -0.2) is 0 Å². The van der Waals surface area contributed by atoms with Crippen molar-refractivity contribution >= 4 is 11.9 Å². The van der Waals surface area contributed by atoms with E-state index in [4.69, 9.17) is 0 Å². The number of likely N-dealkylation sites (tertiary alicyclic amines) is 2. The van der Waals surface area contributed by atoms with E-state index in [0.29, 0.717) is 6.54 Å². The highest BCUT2D eigenvalue weighted by molar-refractivity contribution is 5.83. The molecule has 2 aliphatic heterocycles. The van der Waals surface area contributed by atoms with E-state index in [1.165, 1.54) is 0 Å². The summed E-state index contributed by atoms with van der Waals surface area (Å²) in [4.78, 5) is 27.6. The summed E-state index contributed by atoms with van der Waals surface area (Å²) in [6.45, 7) is 6.18. The second-order valence-corrected chi connectivity index (χ2v) is 5.85. The zero-order valence-electron chi connectivity index (χ0n) is 11.8. The summed E-state index contributed by atoms with van der Waals surface area (Å²) in [7, 11) is 0. The van der Waals surface area contributed by atoms with Crippen molar-refractivity contribution in [1.82, 2.24) is 9.80 Å². The molecule has 2 aliphatic rings. The lowest BCUT2D eigenvalue weighted by Crippen LogP contribution is -2.57. The van der Waals surface area contributed by atoms with E-state index in [9.17, 15) is 14.7 Å². The van der Waals surface area contributed by atoms with E-state index in [1.807, 2.05) is 23.6 Å². The van der Waals surface area contributed by atoms with Crippen LogP contribution in [0.15, 0.2) is 0 Å². The van der Waals surface area contributed by atoms with Crippen LogP contribution in [0.2, 0.25) is 0 Å². The summed E-state index contributed by atoms with van der Waals surface area (Å²) in [6, 6.07) is -0.836. The molecule has 2 heterocycles. The van der Waals surface area contributed by atoms with Gasteiger partial charge < -0.3 is 10.0 Å². The molecule has 3 unspecified atom stereocenters. The third kappa shape index (κ3) is 2.91. The van der Waals surface area contributed by atoms with Gasteiger partial charge in [-0.2, -0.15) is 0 Å². The molecule has 1 amide bonds. The Bertz CT molecular complexity index is 353. The highest BCUT2D eigenvalue weighted by Crippen LogP contribution is 2.26. The molecule has 1 N–H and O–H groups in total. The van der Waals surface area contributed by atoms with Crippen molar-refractivity contribution in [3.63, 3.8) is 0 Å². The van der Waals surface area contributed by atoms with E-state index in [0.717, 1.165) is 38.8 Å². The molecule has 0 saturated carbocycles. The summed E-state index contributed by atoms with van der Waals surface area (Å²) in [5.41, 5.74) is 0. The molecular weight excluding hydrogens is 244 g/mol. The maximum atomic E-state index is 12.4. The van der Waals surface area contributed by atoms with Crippen LogP contribution in [0.4, 0.5) is 0 Å². The molecule has 2 fully saturated rings. The molecule has 5 nitrogen and oxygen atoms in total. The van der Waals surface area contributed by atoms with E-state index < -0.39 is 12.0 Å². The van der Waals surface area contributed by atoms with Crippen molar-refractivity contribution in [3.05, 3.63) is 0 Å². The first-order chi connectivity index (χ1) is 9.02. The van der Waals surface area contributed by atoms with Gasteiger partial charge in [0.1, 0.15) is 6.04 Å². The van der Waals surface area contributed by atoms with Crippen molar-refractivity contribution < 1.29 is 14.7 Å². The lowest BCUT2D eigenvalue weighted by molar-refractivity contribution is -0.151. The van der Waals surface area contributed by atoms with Gasteiger partial charge in [-0.3, -0.25) is 14.5 Å². The van der Waals surface area contributed by atoms with Crippen LogP contribution >= 0.6 is 0 Å². The summed E-state index contributed by atoms with van der Waals surface area (Å²) in [5, 5.41) is 9.41. The summed E-state index contributed by atoms with van der Waals surface area (Å²) in [5.74, 6) is -0.591. The average Bonchev–Trinajstić information content (AvgIpc) is 2.90. The van der Waals surface area contributed by atoms with Crippen LogP contribution in [0.3, 0.4) is 0 Å². The zero-order valence-corrected chi connectivity index (χ0v) is 11.8. The van der Waals surface area contributed by atoms with Gasteiger partial charge in [0, 0.05) is 13.1 Å². The Labute approximate surface area is 114 Å². The van der Waals surface area contributed by atoms with Crippen LogP contribution in [0.5, 0.6) is 0 Å². The largest absolute Gasteiger partial charge is 0.480 e. The highest BCUT2D eigenvalue weighted by Gasteiger charge is 2.39. The predicted octanol–water partition coefficient (Wildman–Crippen LogP) is 1.18. The van der Waals surface area contributed by atoms with Gasteiger partial charge in [-0.1, -0.05) is 6.92 Å². The molecule has 0 aromatic heterocycles. The summed E-state index contributed by atoms with van der Waals surface area (Å²) in [6.07, 6.45) is 4.04. The Hall–Kier alpha value is -1.10. The number of carboxylic acids is 1. The molecule has 0 aromatic carbocycles. The first-order valence-electron chi connectivity index (χ1n) is 7.29. The average molecular weight is 268 g/mol. The number of amides is 1. The van der Waals surface area contributed by atoms with Gasteiger partial charge in [0.2, 0.25) is 5.91 Å². The van der Waals surface area contributed by atoms with Gasteiger partial charge in [-0.15, -0.1) is 0 Å². The minimum atomic E-state index is -0.798. The van der Waals surface area contributed by atoms with E-state index in [2.05, 4.69) is 0 Å². The van der Waals surface area contributed by atoms with Gasteiger partial charge in [0.15, 0.2) is 0 Å². The Morgan fingerprint density at radius 3 is 2.37 bits per heavy atom. The Balaban J connectivity index is 2.08. The zero-order chi connectivity index (χ0) is 14.0. The van der Waals surface area contributed by atoms with Gasteiger partial charge >= 0.3 is 5.97 Å². The van der Waals surface area contributed by atoms with Crippen molar-refractivity contribution in [3.8, 4) is 0 Å². The number of carbonyl (C=O) groups is 2. The Morgan fingerprint density at radius 2 is 1.79 bits per heavy atom. The number of carboxylic acid groups (broad SMARTS) is 1. The number of aliphatic carboxylic acids is 1. The molecule has 2 rings (SSSR count). The van der Waals surface area contributed by atoms with Crippen LogP contribution < -0.4 is 0 Å².